The summed E-state index contributed by atoms with van der Waals surface area (Å²) >= 11 is 5.47. The van der Waals surface area contributed by atoms with E-state index in [-0.39, 0.29) is 11.6 Å². The number of aromatic nitrogens is 1. The highest BCUT2D eigenvalue weighted by Gasteiger charge is 2.16. The van der Waals surface area contributed by atoms with Crippen molar-refractivity contribution in [1.82, 2.24) is 10.1 Å². The van der Waals surface area contributed by atoms with E-state index >= 15 is 0 Å². The summed E-state index contributed by atoms with van der Waals surface area (Å²) in [6.45, 7) is 1.69. The van der Waals surface area contributed by atoms with Crippen LogP contribution in [-0.4, -0.2) is 55.8 Å². The van der Waals surface area contributed by atoms with Gasteiger partial charge in [-0.15, -0.1) is 11.6 Å². The van der Waals surface area contributed by atoms with Gasteiger partial charge in [0, 0.05) is 32.6 Å². The average Bonchev–Trinajstić information content (AvgIpc) is 2.82. The van der Waals surface area contributed by atoms with Crippen LogP contribution in [0.2, 0.25) is 0 Å². The predicted octanol–water partition coefficient (Wildman–Crippen LogP) is 1.15. The molecule has 0 atom stereocenters. The van der Waals surface area contributed by atoms with Gasteiger partial charge in [0.2, 0.25) is 0 Å². The van der Waals surface area contributed by atoms with Crippen LogP contribution in [0, 0.1) is 0 Å². The van der Waals surface area contributed by atoms with Gasteiger partial charge in [0.15, 0.2) is 11.5 Å². The third-order valence-electron chi connectivity index (χ3n) is 2.20. The van der Waals surface area contributed by atoms with Gasteiger partial charge in [-0.3, -0.25) is 4.79 Å². The van der Waals surface area contributed by atoms with Crippen LogP contribution in [0.4, 0.5) is 0 Å². The van der Waals surface area contributed by atoms with Gasteiger partial charge < -0.3 is 18.9 Å². The van der Waals surface area contributed by atoms with E-state index in [0.29, 0.717) is 38.0 Å². The third-order valence-corrected chi connectivity index (χ3v) is 2.36. The van der Waals surface area contributed by atoms with E-state index in [1.165, 1.54) is 4.90 Å². The lowest BCUT2D eigenvalue weighted by Gasteiger charge is -2.15. The van der Waals surface area contributed by atoms with E-state index in [4.69, 9.17) is 25.6 Å². The number of carbonyl (C=O) groups is 1. The van der Waals surface area contributed by atoms with Gasteiger partial charge in [0.25, 0.3) is 5.91 Å². The normalized spacial score (nSPS) is 10.6. The molecule has 0 aromatic carbocycles. The zero-order valence-electron chi connectivity index (χ0n) is 10.5. The molecule has 0 saturated carbocycles. The number of likely N-dealkylation sites (N-methyl/N-ethyl adjacent to an activating group) is 1. The van der Waals surface area contributed by atoms with Crippen LogP contribution < -0.4 is 0 Å². The van der Waals surface area contributed by atoms with E-state index in [2.05, 4.69) is 5.16 Å². The summed E-state index contributed by atoms with van der Waals surface area (Å²) in [5, 5.41) is 3.69. The van der Waals surface area contributed by atoms with Crippen molar-refractivity contribution in [3.63, 3.8) is 0 Å². The summed E-state index contributed by atoms with van der Waals surface area (Å²) in [4.78, 5) is 13.4. The molecule has 6 nitrogen and oxygen atoms in total. The first-order valence-corrected chi connectivity index (χ1v) is 6.06. The minimum Gasteiger partial charge on any atom is -0.378 e. The Bertz CT molecular complexity index is 370. The van der Waals surface area contributed by atoms with Crippen LogP contribution in [0.15, 0.2) is 10.6 Å². The Labute approximate surface area is 111 Å². The predicted molar refractivity (Wildman–Crippen MR) is 65.7 cm³/mol. The van der Waals surface area contributed by atoms with Crippen LogP contribution in [-0.2, 0) is 16.1 Å². The summed E-state index contributed by atoms with van der Waals surface area (Å²) in [6.07, 6.45) is 0. The fraction of sp³-hybridized carbons (Fsp3) is 0.636. The minimum atomic E-state index is -0.212. The number of hydrogen-bond donors (Lipinski definition) is 0. The lowest BCUT2D eigenvalue weighted by molar-refractivity contribution is 0.0702. The van der Waals surface area contributed by atoms with E-state index in [1.54, 1.807) is 20.2 Å². The molecule has 0 bridgehead atoms. The zero-order chi connectivity index (χ0) is 13.4. The summed E-state index contributed by atoms with van der Waals surface area (Å²) in [7, 11) is 3.22. The molecule has 18 heavy (non-hydrogen) atoms. The largest absolute Gasteiger partial charge is 0.378 e. The molecule has 1 heterocycles. The number of alkyl halides is 1. The topological polar surface area (TPSA) is 64.8 Å². The van der Waals surface area contributed by atoms with Gasteiger partial charge in [-0.05, 0) is 0 Å². The van der Waals surface area contributed by atoms with E-state index in [1.807, 2.05) is 0 Å². The van der Waals surface area contributed by atoms with Gasteiger partial charge in [-0.25, -0.2) is 0 Å². The van der Waals surface area contributed by atoms with Crippen molar-refractivity contribution in [1.29, 1.82) is 0 Å². The Hall–Kier alpha value is -1.11. The second kappa shape index (κ2) is 8.07. The quantitative estimate of drug-likeness (QED) is 0.526. The Balaban J connectivity index is 2.41. The highest BCUT2D eigenvalue weighted by atomic mass is 35.5. The van der Waals surface area contributed by atoms with Crippen molar-refractivity contribution in [3.8, 4) is 0 Å². The number of amides is 1. The maximum Gasteiger partial charge on any atom is 0.275 e. The number of halogens is 1. The molecule has 0 aliphatic carbocycles. The smallest absolute Gasteiger partial charge is 0.275 e. The number of methoxy groups -OCH3 is 1. The fourth-order valence-electron chi connectivity index (χ4n) is 1.28. The standard InChI is InChI=1S/C11H17ClN2O4/c1-14(4-6-17-5-3-12)11(15)10-7-9(8-16-2)18-13-10/h7H,3-6,8H2,1-2H3. The zero-order valence-corrected chi connectivity index (χ0v) is 11.3. The second-order valence-corrected chi connectivity index (χ2v) is 4.02. The molecule has 1 amide bonds. The first kappa shape index (κ1) is 14.9. The molecule has 0 fully saturated rings. The average molecular weight is 277 g/mol. The van der Waals surface area contributed by atoms with Crippen LogP contribution >= 0.6 is 11.6 Å². The molecule has 1 aromatic rings. The third kappa shape index (κ3) is 4.64. The molecule has 0 aliphatic heterocycles. The van der Waals surface area contributed by atoms with Crippen LogP contribution in [0.1, 0.15) is 16.2 Å². The molecule has 1 aromatic heterocycles. The Morgan fingerprint density at radius 1 is 1.56 bits per heavy atom. The van der Waals surface area contributed by atoms with Crippen LogP contribution in [0.25, 0.3) is 0 Å². The highest BCUT2D eigenvalue weighted by molar-refractivity contribution is 6.17. The Morgan fingerprint density at radius 2 is 2.33 bits per heavy atom. The van der Waals surface area contributed by atoms with Crippen molar-refractivity contribution < 1.29 is 18.8 Å². The summed E-state index contributed by atoms with van der Waals surface area (Å²) < 4.78 is 15.0. The molecule has 0 radical (unpaired) electrons. The molecule has 0 unspecified atom stereocenters. The highest BCUT2D eigenvalue weighted by Crippen LogP contribution is 2.07. The summed E-state index contributed by atoms with van der Waals surface area (Å²) in [5.41, 5.74) is 0.266. The maximum atomic E-state index is 11.9. The van der Waals surface area contributed by atoms with Crippen molar-refractivity contribution in [2.75, 3.05) is 39.8 Å². The number of hydrogen-bond acceptors (Lipinski definition) is 5. The molecule has 1 rings (SSSR count). The Kier molecular flexibility index (Phi) is 6.70. The van der Waals surface area contributed by atoms with E-state index in [9.17, 15) is 4.79 Å². The summed E-state index contributed by atoms with van der Waals surface area (Å²) in [5.74, 6) is 0.754. The molecular weight excluding hydrogens is 260 g/mol. The monoisotopic (exact) mass is 276 g/mol. The van der Waals surface area contributed by atoms with Crippen LogP contribution in [0.5, 0.6) is 0 Å². The second-order valence-electron chi connectivity index (χ2n) is 3.64. The molecule has 0 saturated heterocycles. The van der Waals surface area contributed by atoms with E-state index in [0.717, 1.165) is 0 Å². The van der Waals surface area contributed by atoms with Gasteiger partial charge in [-0.2, -0.15) is 0 Å². The minimum absolute atomic E-state index is 0.212. The maximum absolute atomic E-state index is 11.9. The van der Waals surface area contributed by atoms with Gasteiger partial charge in [-0.1, -0.05) is 5.16 Å². The number of ether oxygens (including phenoxy) is 2. The van der Waals surface area contributed by atoms with E-state index < -0.39 is 0 Å². The van der Waals surface area contributed by atoms with Crippen molar-refractivity contribution in [3.05, 3.63) is 17.5 Å². The van der Waals surface area contributed by atoms with Crippen LogP contribution in [0.3, 0.4) is 0 Å². The van der Waals surface area contributed by atoms with Gasteiger partial charge in [0.1, 0.15) is 6.61 Å². The first-order valence-electron chi connectivity index (χ1n) is 5.52. The fourth-order valence-corrected chi connectivity index (χ4v) is 1.39. The lowest BCUT2D eigenvalue weighted by atomic mass is 10.3. The molecule has 0 spiro atoms. The molecule has 0 N–H and O–H groups in total. The van der Waals surface area contributed by atoms with Crippen molar-refractivity contribution in [2.45, 2.75) is 6.61 Å². The number of carbonyl (C=O) groups excluding carboxylic acids is 1. The molecular formula is C11H17ClN2O4. The number of rotatable bonds is 8. The van der Waals surface area contributed by atoms with Crippen molar-refractivity contribution in [2.24, 2.45) is 0 Å². The van der Waals surface area contributed by atoms with Gasteiger partial charge >= 0.3 is 0 Å². The molecule has 102 valence electrons. The molecule has 0 aliphatic rings. The Morgan fingerprint density at radius 3 is 3.00 bits per heavy atom. The first-order chi connectivity index (χ1) is 8.69. The SMILES string of the molecule is COCc1cc(C(=O)N(C)CCOCCCl)no1. The summed E-state index contributed by atoms with van der Waals surface area (Å²) in [6, 6.07) is 1.57. The number of nitrogens with zero attached hydrogens (tertiary/aromatic N) is 2. The van der Waals surface area contributed by atoms with Gasteiger partial charge in [0.05, 0.1) is 13.2 Å². The lowest BCUT2D eigenvalue weighted by Crippen LogP contribution is -2.30. The van der Waals surface area contributed by atoms with Crippen molar-refractivity contribution >= 4 is 17.5 Å². The molecule has 7 heteroatoms.